The third-order valence-corrected chi connectivity index (χ3v) is 2.53. The van der Waals surface area contributed by atoms with E-state index >= 15 is 0 Å². The first-order valence-electron chi connectivity index (χ1n) is 4.86. The van der Waals surface area contributed by atoms with Crippen LogP contribution in [0.2, 0.25) is 5.02 Å². The quantitative estimate of drug-likeness (QED) is 0.812. The van der Waals surface area contributed by atoms with Crippen LogP contribution in [0.4, 0.5) is 0 Å². The summed E-state index contributed by atoms with van der Waals surface area (Å²) in [6, 6.07) is 5.84. The Bertz CT molecular complexity index is 317. The van der Waals surface area contributed by atoms with Crippen molar-refractivity contribution < 1.29 is 9.84 Å². The molecule has 0 bridgehead atoms. The van der Waals surface area contributed by atoms with Gasteiger partial charge in [0.05, 0.1) is 18.7 Å². The zero-order valence-corrected chi connectivity index (χ0v) is 9.71. The van der Waals surface area contributed by atoms with E-state index in [0.717, 1.165) is 5.56 Å². The van der Waals surface area contributed by atoms with Crippen LogP contribution in [0.5, 0.6) is 5.75 Å². The molecule has 4 heteroatoms. The van der Waals surface area contributed by atoms with E-state index in [0.29, 0.717) is 17.3 Å². The van der Waals surface area contributed by atoms with Gasteiger partial charge in [0, 0.05) is 12.6 Å². The topological polar surface area (TPSA) is 41.5 Å². The number of hydrogen-bond donors (Lipinski definition) is 2. The number of aliphatic hydroxyl groups is 1. The zero-order valence-electron chi connectivity index (χ0n) is 8.96. The lowest BCUT2D eigenvalue weighted by atomic mass is 10.1. The van der Waals surface area contributed by atoms with Gasteiger partial charge in [-0.05, 0) is 24.6 Å². The number of benzene rings is 1. The van der Waals surface area contributed by atoms with Crippen LogP contribution in [0.15, 0.2) is 18.2 Å². The van der Waals surface area contributed by atoms with E-state index in [2.05, 4.69) is 5.32 Å². The van der Waals surface area contributed by atoms with Crippen molar-refractivity contribution in [3.63, 3.8) is 0 Å². The molecule has 0 fully saturated rings. The van der Waals surface area contributed by atoms with Gasteiger partial charge in [-0.3, -0.25) is 0 Å². The molecule has 0 heterocycles. The monoisotopic (exact) mass is 229 g/mol. The number of methoxy groups -OCH3 is 1. The molecule has 1 aromatic rings. The van der Waals surface area contributed by atoms with Gasteiger partial charge in [0.2, 0.25) is 0 Å². The molecule has 84 valence electrons. The molecule has 1 atom stereocenters. The maximum absolute atomic E-state index is 8.69. The summed E-state index contributed by atoms with van der Waals surface area (Å²) in [6.07, 6.45) is 0. The van der Waals surface area contributed by atoms with Gasteiger partial charge in [-0.2, -0.15) is 0 Å². The van der Waals surface area contributed by atoms with Crippen LogP contribution in [0.25, 0.3) is 0 Å². The molecule has 15 heavy (non-hydrogen) atoms. The minimum absolute atomic E-state index is 0.133. The third kappa shape index (κ3) is 3.38. The van der Waals surface area contributed by atoms with Crippen LogP contribution < -0.4 is 10.1 Å². The van der Waals surface area contributed by atoms with Gasteiger partial charge in [-0.25, -0.2) is 0 Å². The lowest BCUT2D eigenvalue weighted by molar-refractivity contribution is 0.286. The van der Waals surface area contributed by atoms with Crippen LogP contribution in [-0.2, 0) is 0 Å². The van der Waals surface area contributed by atoms with Gasteiger partial charge in [-0.15, -0.1) is 0 Å². The van der Waals surface area contributed by atoms with Crippen molar-refractivity contribution in [1.29, 1.82) is 0 Å². The second-order valence-electron chi connectivity index (χ2n) is 3.29. The first-order valence-corrected chi connectivity index (χ1v) is 5.24. The van der Waals surface area contributed by atoms with E-state index in [4.69, 9.17) is 21.4 Å². The van der Waals surface area contributed by atoms with E-state index in [-0.39, 0.29) is 12.6 Å². The number of rotatable bonds is 5. The second kappa shape index (κ2) is 5.95. The Labute approximate surface area is 95.0 Å². The lowest BCUT2D eigenvalue weighted by Gasteiger charge is -2.14. The molecule has 1 rings (SSSR count). The SMILES string of the molecule is COc1ccc(C(C)NCCO)cc1Cl. The molecule has 1 aromatic carbocycles. The summed E-state index contributed by atoms with van der Waals surface area (Å²) in [5, 5.41) is 12.5. The summed E-state index contributed by atoms with van der Waals surface area (Å²) in [6.45, 7) is 2.73. The van der Waals surface area contributed by atoms with Gasteiger partial charge in [0.15, 0.2) is 0 Å². The predicted octanol–water partition coefficient (Wildman–Crippen LogP) is 1.99. The number of ether oxygens (including phenoxy) is 1. The Kier molecular flexibility index (Phi) is 4.88. The highest BCUT2D eigenvalue weighted by atomic mass is 35.5. The Morgan fingerprint density at radius 2 is 2.27 bits per heavy atom. The highest BCUT2D eigenvalue weighted by Crippen LogP contribution is 2.27. The molecule has 0 aliphatic heterocycles. The molecule has 3 nitrogen and oxygen atoms in total. The molecular formula is C11H16ClNO2. The number of halogens is 1. The van der Waals surface area contributed by atoms with Gasteiger partial charge in [-0.1, -0.05) is 17.7 Å². The number of hydrogen-bond acceptors (Lipinski definition) is 3. The standard InChI is InChI=1S/C11H16ClNO2/c1-8(13-5-6-14)9-3-4-11(15-2)10(12)7-9/h3-4,7-8,13-14H,5-6H2,1-2H3. The van der Waals surface area contributed by atoms with E-state index in [9.17, 15) is 0 Å². The minimum atomic E-state index is 0.133. The average Bonchev–Trinajstić information content (AvgIpc) is 2.25. The Morgan fingerprint density at radius 1 is 1.53 bits per heavy atom. The normalized spacial score (nSPS) is 12.5. The summed E-state index contributed by atoms with van der Waals surface area (Å²) in [4.78, 5) is 0. The molecule has 2 N–H and O–H groups in total. The lowest BCUT2D eigenvalue weighted by Crippen LogP contribution is -2.22. The molecule has 0 spiro atoms. The molecule has 0 aliphatic rings. The third-order valence-electron chi connectivity index (χ3n) is 2.24. The van der Waals surface area contributed by atoms with E-state index in [1.807, 2.05) is 25.1 Å². The fourth-order valence-corrected chi connectivity index (χ4v) is 1.62. The van der Waals surface area contributed by atoms with E-state index in [1.54, 1.807) is 7.11 Å². The Morgan fingerprint density at radius 3 is 2.80 bits per heavy atom. The van der Waals surface area contributed by atoms with Gasteiger partial charge in [0.1, 0.15) is 5.75 Å². The first kappa shape index (κ1) is 12.3. The fraction of sp³-hybridized carbons (Fsp3) is 0.455. The maximum Gasteiger partial charge on any atom is 0.137 e. The van der Waals surface area contributed by atoms with Crippen molar-refractivity contribution in [2.24, 2.45) is 0 Å². The van der Waals surface area contributed by atoms with Crippen LogP contribution >= 0.6 is 11.6 Å². The number of nitrogens with one attached hydrogen (secondary N) is 1. The summed E-state index contributed by atoms with van der Waals surface area (Å²) in [7, 11) is 1.59. The van der Waals surface area contributed by atoms with Crippen molar-refractivity contribution >= 4 is 11.6 Å². The summed E-state index contributed by atoms with van der Waals surface area (Å²) in [5.41, 5.74) is 1.08. The van der Waals surface area contributed by atoms with Crippen LogP contribution in [-0.4, -0.2) is 25.4 Å². The molecule has 0 amide bonds. The van der Waals surface area contributed by atoms with Crippen molar-refractivity contribution in [3.05, 3.63) is 28.8 Å². The van der Waals surface area contributed by atoms with Crippen LogP contribution in [0.3, 0.4) is 0 Å². The van der Waals surface area contributed by atoms with E-state index in [1.165, 1.54) is 0 Å². The summed E-state index contributed by atoms with van der Waals surface area (Å²) < 4.78 is 5.07. The molecule has 0 saturated carbocycles. The Balaban J connectivity index is 2.73. The summed E-state index contributed by atoms with van der Waals surface area (Å²) in [5.74, 6) is 0.676. The average molecular weight is 230 g/mol. The van der Waals surface area contributed by atoms with Gasteiger partial charge < -0.3 is 15.2 Å². The van der Waals surface area contributed by atoms with Crippen molar-refractivity contribution in [1.82, 2.24) is 5.32 Å². The van der Waals surface area contributed by atoms with E-state index < -0.39 is 0 Å². The minimum Gasteiger partial charge on any atom is -0.495 e. The number of aliphatic hydroxyl groups excluding tert-OH is 1. The van der Waals surface area contributed by atoms with Gasteiger partial charge >= 0.3 is 0 Å². The molecule has 1 unspecified atom stereocenters. The van der Waals surface area contributed by atoms with Crippen LogP contribution in [0, 0.1) is 0 Å². The largest absolute Gasteiger partial charge is 0.495 e. The highest BCUT2D eigenvalue weighted by Gasteiger charge is 2.07. The highest BCUT2D eigenvalue weighted by molar-refractivity contribution is 6.32. The van der Waals surface area contributed by atoms with Crippen molar-refractivity contribution in [3.8, 4) is 5.75 Å². The molecule has 0 aliphatic carbocycles. The van der Waals surface area contributed by atoms with Crippen LogP contribution in [0.1, 0.15) is 18.5 Å². The Hall–Kier alpha value is -0.770. The molecule has 0 saturated heterocycles. The fourth-order valence-electron chi connectivity index (χ4n) is 1.35. The maximum atomic E-state index is 8.69. The van der Waals surface area contributed by atoms with Crippen molar-refractivity contribution in [2.45, 2.75) is 13.0 Å². The molecular weight excluding hydrogens is 214 g/mol. The molecule has 0 aromatic heterocycles. The molecule has 0 radical (unpaired) electrons. The predicted molar refractivity (Wildman–Crippen MR) is 61.5 cm³/mol. The summed E-state index contributed by atoms with van der Waals surface area (Å²) >= 11 is 6.01. The van der Waals surface area contributed by atoms with Gasteiger partial charge in [0.25, 0.3) is 0 Å². The second-order valence-corrected chi connectivity index (χ2v) is 3.70. The first-order chi connectivity index (χ1) is 7.19. The zero-order chi connectivity index (χ0) is 11.3. The van der Waals surface area contributed by atoms with Crippen molar-refractivity contribution in [2.75, 3.05) is 20.3 Å². The smallest absolute Gasteiger partial charge is 0.137 e.